The highest BCUT2D eigenvalue weighted by molar-refractivity contribution is 9.10. The average Bonchev–Trinajstić information content (AvgIpc) is 3.32. The number of hydrogen-bond acceptors (Lipinski definition) is 4. The molecule has 1 aromatic carbocycles. The third-order valence-electron chi connectivity index (χ3n) is 3.86. The van der Waals surface area contributed by atoms with Crippen LogP contribution in [0.2, 0.25) is 0 Å². The monoisotopic (exact) mass is 416 g/mol. The summed E-state index contributed by atoms with van der Waals surface area (Å²) in [7, 11) is 3.79. The number of nitrogens with zero attached hydrogens (tertiary/aromatic N) is 4. The first kappa shape index (κ1) is 18.2. The van der Waals surface area contributed by atoms with Crippen molar-refractivity contribution in [2.75, 3.05) is 20.6 Å². The van der Waals surface area contributed by atoms with Crippen LogP contribution in [0.4, 0.5) is 0 Å². The quantitative estimate of drug-likeness (QED) is 0.476. The number of guanidine groups is 1. The highest BCUT2D eigenvalue weighted by Crippen LogP contribution is 2.17. The molecule has 0 amide bonds. The van der Waals surface area contributed by atoms with Gasteiger partial charge in [-0.25, -0.2) is 4.98 Å². The summed E-state index contributed by atoms with van der Waals surface area (Å²) in [4.78, 5) is 10.9. The van der Waals surface area contributed by atoms with Crippen molar-refractivity contribution in [1.82, 2.24) is 25.4 Å². The van der Waals surface area contributed by atoms with E-state index in [2.05, 4.69) is 52.4 Å². The van der Waals surface area contributed by atoms with Gasteiger partial charge in [0.25, 0.3) is 0 Å². The lowest BCUT2D eigenvalue weighted by atomic mass is 10.2. The predicted molar refractivity (Wildman–Crippen MR) is 105 cm³/mol. The number of aliphatic imine (C=N–C) groups is 1. The summed E-state index contributed by atoms with van der Waals surface area (Å²) in [5.41, 5.74) is 1.20. The summed E-state index contributed by atoms with van der Waals surface area (Å²) in [6.07, 6.45) is 2.31. The number of rotatable bonds is 6. The van der Waals surface area contributed by atoms with Gasteiger partial charge < -0.3 is 14.6 Å². The maximum Gasteiger partial charge on any atom is 0.216 e. The maximum atomic E-state index is 5.30. The number of nitrogens with one attached hydrogen (secondary N) is 2. The van der Waals surface area contributed by atoms with E-state index < -0.39 is 0 Å². The van der Waals surface area contributed by atoms with E-state index in [9.17, 15) is 0 Å². The van der Waals surface area contributed by atoms with Crippen molar-refractivity contribution in [1.29, 1.82) is 0 Å². The molecular formula is C18H21BrN6O. The Balaban J connectivity index is 1.52. The fraction of sp³-hybridized carbons (Fsp3) is 0.278. The lowest BCUT2D eigenvalue weighted by molar-refractivity contribution is 0.476. The molecule has 0 aliphatic carbocycles. The first-order valence-corrected chi connectivity index (χ1v) is 9.07. The van der Waals surface area contributed by atoms with Crippen LogP contribution in [-0.2, 0) is 13.0 Å². The van der Waals surface area contributed by atoms with Gasteiger partial charge in [0, 0.05) is 38.1 Å². The Hall–Kier alpha value is -2.61. The minimum atomic E-state index is 0.570. The molecule has 0 aliphatic rings. The summed E-state index contributed by atoms with van der Waals surface area (Å²) < 4.78 is 6.39. The summed E-state index contributed by atoms with van der Waals surface area (Å²) in [5, 5.41) is 10.5. The summed E-state index contributed by atoms with van der Waals surface area (Å²) in [5.74, 6) is 2.85. The fourth-order valence-electron chi connectivity index (χ4n) is 2.56. The van der Waals surface area contributed by atoms with Gasteiger partial charge in [-0.2, -0.15) is 5.10 Å². The summed E-state index contributed by atoms with van der Waals surface area (Å²) >= 11 is 3.58. The molecule has 0 fully saturated rings. The van der Waals surface area contributed by atoms with E-state index in [1.54, 1.807) is 13.3 Å². The zero-order valence-electron chi connectivity index (χ0n) is 14.7. The van der Waals surface area contributed by atoms with Gasteiger partial charge in [-0.05, 0) is 23.8 Å². The van der Waals surface area contributed by atoms with E-state index in [4.69, 9.17) is 4.42 Å². The molecule has 0 spiro atoms. The molecule has 0 atom stereocenters. The molecule has 0 saturated carbocycles. The molecule has 0 aliphatic heterocycles. The van der Waals surface area contributed by atoms with Crippen LogP contribution in [0.1, 0.15) is 11.4 Å². The second-order valence-electron chi connectivity index (χ2n) is 5.75. The lowest BCUT2D eigenvalue weighted by Crippen LogP contribution is -2.39. The molecule has 8 heteroatoms. The van der Waals surface area contributed by atoms with Crippen LogP contribution in [0.5, 0.6) is 0 Å². The van der Waals surface area contributed by atoms with Crippen molar-refractivity contribution in [3.8, 4) is 11.6 Å². The Morgan fingerprint density at radius 1 is 1.31 bits per heavy atom. The zero-order chi connectivity index (χ0) is 18.4. The SMILES string of the molecule is CN=C(NCCc1nc(-c2ccco2)n[nH]1)N(C)Cc1ccccc1Br. The van der Waals surface area contributed by atoms with Crippen LogP contribution in [0.15, 0.2) is 56.5 Å². The van der Waals surface area contributed by atoms with E-state index >= 15 is 0 Å². The van der Waals surface area contributed by atoms with Crippen molar-refractivity contribution in [2.24, 2.45) is 4.99 Å². The van der Waals surface area contributed by atoms with Gasteiger partial charge >= 0.3 is 0 Å². The van der Waals surface area contributed by atoms with Gasteiger partial charge in [0.05, 0.1) is 6.26 Å². The number of aromatic nitrogens is 3. The largest absolute Gasteiger partial charge is 0.461 e. The van der Waals surface area contributed by atoms with E-state index in [1.165, 1.54) is 5.56 Å². The number of furan rings is 1. The molecule has 0 bridgehead atoms. The lowest BCUT2D eigenvalue weighted by Gasteiger charge is -2.22. The number of aromatic amines is 1. The molecule has 7 nitrogen and oxygen atoms in total. The number of benzene rings is 1. The van der Waals surface area contributed by atoms with E-state index in [-0.39, 0.29) is 0 Å². The van der Waals surface area contributed by atoms with Crippen LogP contribution in [0, 0.1) is 0 Å². The average molecular weight is 417 g/mol. The van der Waals surface area contributed by atoms with Gasteiger partial charge in [-0.1, -0.05) is 34.1 Å². The van der Waals surface area contributed by atoms with Crippen LogP contribution >= 0.6 is 15.9 Å². The minimum absolute atomic E-state index is 0.570. The highest BCUT2D eigenvalue weighted by Gasteiger charge is 2.10. The first-order valence-electron chi connectivity index (χ1n) is 8.27. The van der Waals surface area contributed by atoms with Gasteiger partial charge in [0.2, 0.25) is 5.82 Å². The van der Waals surface area contributed by atoms with Crippen molar-refractivity contribution in [3.63, 3.8) is 0 Å². The standard InChI is InChI=1S/C18H21BrN6O/c1-20-18(25(2)12-13-6-3-4-7-14(13)19)21-10-9-16-22-17(24-23-16)15-8-5-11-26-15/h3-8,11H,9-10,12H2,1-2H3,(H,20,21)(H,22,23,24). The van der Waals surface area contributed by atoms with Gasteiger partial charge in [0.1, 0.15) is 5.82 Å². The predicted octanol–water partition coefficient (Wildman–Crippen LogP) is 3.08. The van der Waals surface area contributed by atoms with E-state index in [0.717, 1.165) is 22.8 Å². The molecular weight excluding hydrogens is 396 g/mol. The number of halogens is 1. The molecule has 136 valence electrons. The highest BCUT2D eigenvalue weighted by atomic mass is 79.9. The molecule has 2 heterocycles. The summed E-state index contributed by atoms with van der Waals surface area (Å²) in [6, 6.07) is 11.8. The Labute approximate surface area is 160 Å². The third-order valence-corrected chi connectivity index (χ3v) is 4.63. The van der Waals surface area contributed by atoms with Gasteiger partial charge in [-0.15, -0.1) is 0 Å². The molecule has 0 saturated heterocycles. The first-order chi connectivity index (χ1) is 12.7. The van der Waals surface area contributed by atoms with Gasteiger partial charge in [-0.3, -0.25) is 10.1 Å². The fourth-order valence-corrected chi connectivity index (χ4v) is 2.97. The molecule has 2 aromatic heterocycles. The van der Waals surface area contributed by atoms with E-state index in [0.29, 0.717) is 24.6 Å². The molecule has 0 radical (unpaired) electrons. The Morgan fingerprint density at radius 3 is 2.88 bits per heavy atom. The van der Waals surface area contributed by atoms with Crippen LogP contribution < -0.4 is 5.32 Å². The minimum Gasteiger partial charge on any atom is -0.461 e. The van der Waals surface area contributed by atoms with Crippen LogP contribution in [-0.4, -0.2) is 46.7 Å². The zero-order valence-corrected chi connectivity index (χ0v) is 16.3. The second-order valence-corrected chi connectivity index (χ2v) is 6.61. The second kappa shape index (κ2) is 8.66. The Bertz CT molecular complexity index is 858. The summed E-state index contributed by atoms with van der Waals surface area (Å²) in [6.45, 7) is 1.45. The molecule has 3 rings (SSSR count). The Kier molecular flexibility index (Phi) is 6.06. The van der Waals surface area contributed by atoms with Crippen LogP contribution in [0.3, 0.4) is 0 Å². The molecule has 0 unspecified atom stereocenters. The topological polar surface area (TPSA) is 82.3 Å². The van der Waals surface area contributed by atoms with Crippen molar-refractivity contribution in [2.45, 2.75) is 13.0 Å². The smallest absolute Gasteiger partial charge is 0.216 e. The molecule has 3 aromatic rings. The van der Waals surface area contributed by atoms with Crippen molar-refractivity contribution in [3.05, 3.63) is 58.5 Å². The normalized spacial score (nSPS) is 11.6. The van der Waals surface area contributed by atoms with E-state index in [1.807, 2.05) is 37.4 Å². The maximum absolute atomic E-state index is 5.30. The molecule has 26 heavy (non-hydrogen) atoms. The van der Waals surface area contributed by atoms with Crippen LogP contribution in [0.25, 0.3) is 11.6 Å². The number of H-pyrrole nitrogens is 1. The molecule has 2 N–H and O–H groups in total. The van der Waals surface area contributed by atoms with Gasteiger partial charge in [0.15, 0.2) is 11.7 Å². The number of hydrogen-bond donors (Lipinski definition) is 2. The third kappa shape index (κ3) is 4.51. The Morgan fingerprint density at radius 2 is 2.15 bits per heavy atom. The van der Waals surface area contributed by atoms with Crippen molar-refractivity contribution >= 4 is 21.9 Å². The van der Waals surface area contributed by atoms with Crippen molar-refractivity contribution < 1.29 is 4.42 Å².